The minimum absolute atomic E-state index is 0.300. The quantitative estimate of drug-likeness (QED) is 0.529. The molecule has 1 atom stereocenters. The standard InChI is InChI=1S/C10H10N2/c1-2-8(7-11)9-5-3-4-6-10(9)12/h2-6,8H,1,12H2. The normalized spacial score (nSPS) is 11.6. The second-order valence-electron chi connectivity index (χ2n) is 2.47. The highest BCUT2D eigenvalue weighted by atomic mass is 14.6. The summed E-state index contributed by atoms with van der Waals surface area (Å²) in [6.45, 7) is 3.57. The van der Waals surface area contributed by atoms with Crippen molar-refractivity contribution in [3.05, 3.63) is 42.5 Å². The van der Waals surface area contributed by atoms with E-state index in [1.54, 1.807) is 12.1 Å². The molecule has 1 aromatic rings. The molecule has 0 saturated carbocycles. The molecule has 0 aromatic heterocycles. The van der Waals surface area contributed by atoms with E-state index in [2.05, 4.69) is 12.6 Å². The number of allylic oxidation sites excluding steroid dienone is 1. The number of nitrogens with two attached hydrogens (primary N) is 1. The number of nitrogens with zero attached hydrogens (tertiary/aromatic N) is 1. The van der Waals surface area contributed by atoms with E-state index in [-0.39, 0.29) is 5.92 Å². The molecule has 1 rings (SSSR count). The molecule has 2 heteroatoms. The summed E-state index contributed by atoms with van der Waals surface area (Å²) in [5.41, 5.74) is 7.14. The van der Waals surface area contributed by atoms with Crippen molar-refractivity contribution in [1.82, 2.24) is 0 Å². The van der Waals surface area contributed by atoms with E-state index in [1.807, 2.05) is 18.2 Å². The lowest BCUT2D eigenvalue weighted by Gasteiger charge is -2.06. The first-order valence-electron chi connectivity index (χ1n) is 3.66. The van der Waals surface area contributed by atoms with Crippen molar-refractivity contribution in [2.75, 3.05) is 5.73 Å². The molecule has 0 aliphatic heterocycles. The summed E-state index contributed by atoms with van der Waals surface area (Å²) in [6, 6.07) is 9.43. The molecule has 0 fully saturated rings. The highest BCUT2D eigenvalue weighted by Gasteiger charge is 2.07. The van der Waals surface area contributed by atoms with Gasteiger partial charge in [0.2, 0.25) is 0 Å². The smallest absolute Gasteiger partial charge is 0.0910 e. The van der Waals surface area contributed by atoms with Crippen molar-refractivity contribution in [3.8, 4) is 6.07 Å². The minimum Gasteiger partial charge on any atom is -0.398 e. The van der Waals surface area contributed by atoms with Gasteiger partial charge in [0.05, 0.1) is 12.0 Å². The third kappa shape index (κ3) is 1.46. The molecule has 0 aliphatic rings. The Morgan fingerprint density at radius 3 is 2.67 bits per heavy atom. The van der Waals surface area contributed by atoms with Gasteiger partial charge in [-0.1, -0.05) is 24.3 Å². The molecule has 0 saturated heterocycles. The molecule has 2 nitrogen and oxygen atoms in total. The van der Waals surface area contributed by atoms with Gasteiger partial charge in [-0.3, -0.25) is 0 Å². The highest BCUT2D eigenvalue weighted by Crippen LogP contribution is 2.21. The lowest BCUT2D eigenvalue weighted by Crippen LogP contribution is -1.97. The second kappa shape index (κ2) is 3.59. The number of nitrogen functional groups attached to an aromatic ring is 1. The van der Waals surface area contributed by atoms with Crippen LogP contribution in [-0.4, -0.2) is 0 Å². The van der Waals surface area contributed by atoms with Crippen LogP contribution in [0.15, 0.2) is 36.9 Å². The molecule has 1 unspecified atom stereocenters. The molecule has 0 bridgehead atoms. The zero-order valence-corrected chi connectivity index (χ0v) is 6.70. The van der Waals surface area contributed by atoms with Gasteiger partial charge >= 0.3 is 0 Å². The zero-order chi connectivity index (χ0) is 8.97. The Labute approximate surface area is 71.9 Å². The van der Waals surface area contributed by atoms with Crippen molar-refractivity contribution >= 4 is 5.69 Å². The molecule has 1 aromatic carbocycles. The first-order chi connectivity index (χ1) is 5.79. The molecule has 60 valence electrons. The van der Waals surface area contributed by atoms with Crippen LogP contribution in [0.25, 0.3) is 0 Å². The van der Waals surface area contributed by atoms with Crippen molar-refractivity contribution < 1.29 is 0 Å². The SMILES string of the molecule is C=CC(C#N)c1ccccc1N. The summed E-state index contributed by atoms with van der Waals surface area (Å²) in [4.78, 5) is 0. The van der Waals surface area contributed by atoms with Gasteiger partial charge in [-0.05, 0) is 11.6 Å². The number of nitriles is 1. The summed E-state index contributed by atoms with van der Waals surface area (Å²) >= 11 is 0. The van der Waals surface area contributed by atoms with Gasteiger partial charge in [0, 0.05) is 5.69 Å². The van der Waals surface area contributed by atoms with Crippen LogP contribution < -0.4 is 5.73 Å². The highest BCUT2D eigenvalue weighted by molar-refractivity contribution is 5.51. The maximum Gasteiger partial charge on any atom is 0.0910 e. The third-order valence-corrected chi connectivity index (χ3v) is 1.71. The fourth-order valence-electron chi connectivity index (χ4n) is 1.04. The van der Waals surface area contributed by atoms with E-state index >= 15 is 0 Å². The number of rotatable bonds is 2. The van der Waals surface area contributed by atoms with Crippen LogP contribution in [0.5, 0.6) is 0 Å². The number of hydrogen-bond donors (Lipinski definition) is 1. The lowest BCUT2D eigenvalue weighted by molar-refractivity contribution is 1.10. The van der Waals surface area contributed by atoms with E-state index in [0.717, 1.165) is 5.56 Å². The molecule has 0 heterocycles. The van der Waals surface area contributed by atoms with Crippen LogP contribution in [-0.2, 0) is 0 Å². The Morgan fingerprint density at radius 2 is 2.17 bits per heavy atom. The largest absolute Gasteiger partial charge is 0.398 e. The lowest BCUT2D eigenvalue weighted by atomic mass is 9.99. The maximum atomic E-state index is 8.73. The molecule has 0 amide bonds. The van der Waals surface area contributed by atoms with Crippen LogP contribution in [0.2, 0.25) is 0 Å². The van der Waals surface area contributed by atoms with E-state index < -0.39 is 0 Å². The first kappa shape index (κ1) is 8.35. The Kier molecular flexibility index (Phi) is 2.49. The number of benzene rings is 1. The van der Waals surface area contributed by atoms with Gasteiger partial charge in [-0.15, -0.1) is 6.58 Å². The summed E-state index contributed by atoms with van der Waals surface area (Å²) in [5.74, 6) is -0.300. The Balaban J connectivity index is 3.10. The van der Waals surface area contributed by atoms with Crippen molar-refractivity contribution in [3.63, 3.8) is 0 Å². The van der Waals surface area contributed by atoms with Crippen LogP contribution in [0.1, 0.15) is 11.5 Å². The topological polar surface area (TPSA) is 49.8 Å². The van der Waals surface area contributed by atoms with Crippen LogP contribution >= 0.6 is 0 Å². The van der Waals surface area contributed by atoms with Crippen molar-refractivity contribution in [2.24, 2.45) is 0 Å². The number of hydrogen-bond acceptors (Lipinski definition) is 2. The molecule has 12 heavy (non-hydrogen) atoms. The summed E-state index contributed by atoms with van der Waals surface area (Å²) in [5, 5.41) is 8.73. The van der Waals surface area contributed by atoms with E-state index in [0.29, 0.717) is 5.69 Å². The summed E-state index contributed by atoms with van der Waals surface area (Å²) in [7, 11) is 0. The second-order valence-corrected chi connectivity index (χ2v) is 2.47. The summed E-state index contributed by atoms with van der Waals surface area (Å²) in [6.07, 6.45) is 1.59. The molecule has 2 N–H and O–H groups in total. The number of para-hydroxylation sites is 1. The van der Waals surface area contributed by atoms with Crippen LogP contribution in [0.3, 0.4) is 0 Å². The average Bonchev–Trinajstić information content (AvgIpc) is 2.10. The first-order valence-corrected chi connectivity index (χ1v) is 3.66. The van der Waals surface area contributed by atoms with Gasteiger partial charge in [0.15, 0.2) is 0 Å². The average molecular weight is 158 g/mol. The van der Waals surface area contributed by atoms with Gasteiger partial charge in [0.1, 0.15) is 0 Å². The third-order valence-electron chi connectivity index (χ3n) is 1.71. The fourth-order valence-corrected chi connectivity index (χ4v) is 1.04. The Morgan fingerprint density at radius 1 is 1.50 bits per heavy atom. The minimum atomic E-state index is -0.300. The van der Waals surface area contributed by atoms with E-state index in [1.165, 1.54) is 0 Å². The van der Waals surface area contributed by atoms with Crippen LogP contribution in [0, 0.1) is 11.3 Å². The van der Waals surface area contributed by atoms with Gasteiger partial charge in [-0.2, -0.15) is 5.26 Å². The Hall–Kier alpha value is -1.75. The molecular formula is C10H10N2. The summed E-state index contributed by atoms with van der Waals surface area (Å²) < 4.78 is 0. The fraction of sp³-hybridized carbons (Fsp3) is 0.100. The molecule has 0 spiro atoms. The Bertz CT molecular complexity index is 323. The van der Waals surface area contributed by atoms with Crippen LogP contribution in [0.4, 0.5) is 5.69 Å². The molecular weight excluding hydrogens is 148 g/mol. The van der Waals surface area contributed by atoms with E-state index in [9.17, 15) is 0 Å². The van der Waals surface area contributed by atoms with Crippen molar-refractivity contribution in [1.29, 1.82) is 5.26 Å². The monoisotopic (exact) mass is 158 g/mol. The van der Waals surface area contributed by atoms with E-state index in [4.69, 9.17) is 11.0 Å². The van der Waals surface area contributed by atoms with Gasteiger partial charge in [0.25, 0.3) is 0 Å². The van der Waals surface area contributed by atoms with Gasteiger partial charge < -0.3 is 5.73 Å². The van der Waals surface area contributed by atoms with Gasteiger partial charge in [-0.25, -0.2) is 0 Å². The zero-order valence-electron chi connectivity index (χ0n) is 6.70. The predicted molar refractivity (Wildman–Crippen MR) is 49.4 cm³/mol. The maximum absolute atomic E-state index is 8.73. The predicted octanol–water partition coefficient (Wildman–Crippen LogP) is 2.06. The molecule has 0 aliphatic carbocycles. The number of anilines is 1. The van der Waals surface area contributed by atoms with Crippen molar-refractivity contribution in [2.45, 2.75) is 5.92 Å². The molecule has 0 radical (unpaired) electrons.